The van der Waals surface area contributed by atoms with E-state index in [0.29, 0.717) is 13.2 Å². The lowest BCUT2D eigenvalue weighted by Crippen LogP contribution is -2.23. The zero-order chi connectivity index (χ0) is 14.5. The Morgan fingerprint density at radius 1 is 1.37 bits per heavy atom. The van der Waals surface area contributed by atoms with E-state index >= 15 is 0 Å². The monoisotopic (exact) mass is 286 g/mol. The van der Waals surface area contributed by atoms with Crippen LogP contribution in [0.3, 0.4) is 0 Å². The van der Waals surface area contributed by atoms with Crippen molar-refractivity contribution in [3.05, 3.63) is 23.8 Å². The fourth-order valence-corrected chi connectivity index (χ4v) is 2.40. The maximum atomic E-state index is 11.8. The van der Waals surface area contributed by atoms with Gasteiger partial charge in [0, 0.05) is 18.3 Å². The number of hydrogen-bond donors (Lipinski definition) is 2. The average Bonchev–Trinajstić information content (AvgIpc) is 2.38. The maximum Gasteiger partial charge on any atom is 0.240 e. The zero-order valence-corrected chi connectivity index (χ0v) is 12.7. The third-order valence-corrected chi connectivity index (χ3v) is 4.17. The highest BCUT2D eigenvalue weighted by Crippen LogP contribution is 2.20. The Kier molecular flexibility index (Phi) is 5.78. The van der Waals surface area contributed by atoms with Crippen LogP contribution in [0.15, 0.2) is 23.1 Å². The van der Waals surface area contributed by atoms with Crippen molar-refractivity contribution in [3.8, 4) is 0 Å². The topological polar surface area (TPSA) is 67.4 Å². The van der Waals surface area contributed by atoms with Crippen molar-refractivity contribution in [1.82, 2.24) is 4.72 Å². The van der Waals surface area contributed by atoms with E-state index in [0.717, 1.165) is 11.3 Å². The molecule has 1 aromatic rings. The minimum absolute atomic E-state index is 0.117. The van der Waals surface area contributed by atoms with Gasteiger partial charge in [0.25, 0.3) is 0 Å². The van der Waals surface area contributed by atoms with Crippen molar-refractivity contribution >= 4 is 15.7 Å². The molecule has 0 bridgehead atoms. The Balaban J connectivity index is 2.92. The molecule has 1 aromatic carbocycles. The molecule has 0 spiro atoms. The quantitative estimate of drug-likeness (QED) is 0.801. The summed E-state index contributed by atoms with van der Waals surface area (Å²) in [4.78, 5) is 0.256. The normalized spacial score (nSPS) is 13.3. The molecule has 19 heavy (non-hydrogen) atoms. The largest absolute Gasteiger partial charge is 0.380 e. The van der Waals surface area contributed by atoms with E-state index in [1.807, 2.05) is 20.8 Å². The van der Waals surface area contributed by atoms with Crippen LogP contribution >= 0.6 is 0 Å². The molecule has 2 N–H and O–H groups in total. The molecule has 108 valence electrons. The molecule has 6 heteroatoms. The average molecular weight is 286 g/mol. The van der Waals surface area contributed by atoms with E-state index < -0.39 is 10.0 Å². The maximum absolute atomic E-state index is 11.8. The van der Waals surface area contributed by atoms with Crippen LogP contribution in [-0.4, -0.2) is 34.7 Å². The van der Waals surface area contributed by atoms with E-state index in [2.05, 4.69) is 10.0 Å². The number of benzene rings is 1. The molecule has 1 atom stereocenters. The predicted octanol–water partition coefficient (Wildman–Crippen LogP) is 1.74. The van der Waals surface area contributed by atoms with Gasteiger partial charge in [0.2, 0.25) is 10.0 Å². The first-order valence-corrected chi connectivity index (χ1v) is 7.77. The highest BCUT2D eigenvalue weighted by Gasteiger charge is 2.13. The summed E-state index contributed by atoms with van der Waals surface area (Å²) >= 11 is 0. The van der Waals surface area contributed by atoms with Crippen molar-refractivity contribution in [2.75, 3.05) is 25.6 Å². The molecular formula is C13H22N2O3S. The molecule has 0 aliphatic carbocycles. The van der Waals surface area contributed by atoms with Crippen LogP contribution in [0.2, 0.25) is 0 Å². The molecule has 0 radical (unpaired) electrons. The summed E-state index contributed by atoms with van der Waals surface area (Å²) in [6.07, 6.45) is 0. The van der Waals surface area contributed by atoms with Gasteiger partial charge in [-0.1, -0.05) is 6.07 Å². The summed E-state index contributed by atoms with van der Waals surface area (Å²) in [6.45, 7) is 7.12. The second kappa shape index (κ2) is 6.88. The third-order valence-electron chi connectivity index (χ3n) is 2.76. The first-order chi connectivity index (χ1) is 8.90. The lowest BCUT2D eigenvalue weighted by molar-refractivity contribution is 0.141. The Labute approximate surface area is 115 Å². The van der Waals surface area contributed by atoms with Crippen LogP contribution in [0.25, 0.3) is 0 Å². The minimum Gasteiger partial charge on any atom is -0.380 e. The number of rotatable bonds is 7. The number of anilines is 1. The molecule has 1 unspecified atom stereocenters. The summed E-state index contributed by atoms with van der Waals surface area (Å²) in [5.41, 5.74) is 1.81. The highest BCUT2D eigenvalue weighted by atomic mass is 32.2. The van der Waals surface area contributed by atoms with Crippen LogP contribution in [0.5, 0.6) is 0 Å². The highest BCUT2D eigenvalue weighted by molar-refractivity contribution is 7.89. The molecule has 0 aliphatic rings. The van der Waals surface area contributed by atoms with Crippen molar-refractivity contribution in [1.29, 1.82) is 0 Å². The van der Waals surface area contributed by atoms with Crippen LogP contribution in [0.1, 0.15) is 19.4 Å². The SMILES string of the molecule is CCOCC(C)Nc1cc(S(=O)(=O)NC)ccc1C. The first kappa shape index (κ1) is 15.9. The van der Waals surface area contributed by atoms with Gasteiger partial charge >= 0.3 is 0 Å². The van der Waals surface area contributed by atoms with Crippen LogP contribution in [-0.2, 0) is 14.8 Å². The third kappa shape index (κ3) is 4.49. The second-order valence-electron chi connectivity index (χ2n) is 4.39. The van der Waals surface area contributed by atoms with Gasteiger partial charge in [-0.15, -0.1) is 0 Å². The van der Waals surface area contributed by atoms with E-state index in [1.54, 1.807) is 18.2 Å². The number of ether oxygens (including phenoxy) is 1. The fraction of sp³-hybridized carbons (Fsp3) is 0.538. The van der Waals surface area contributed by atoms with Crippen molar-refractivity contribution in [2.45, 2.75) is 31.7 Å². The summed E-state index contributed by atoms with van der Waals surface area (Å²) in [6, 6.07) is 5.15. The van der Waals surface area contributed by atoms with Crippen LogP contribution in [0, 0.1) is 6.92 Å². The number of aryl methyl sites for hydroxylation is 1. The van der Waals surface area contributed by atoms with Gasteiger partial charge in [0.05, 0.1) is 11.5 Å². The first-order valence-electron chi connectivity index (χ1n) is 6.29. The molecule has 0 aromatic heterocycles. The molecule has 0 heterocycles. The molecule has 5 nitrogen and oxygen atoms in total. The minimum atomic E-state index is -3.41. The summed E-state index contributed by atoms with van der Waals surface area (Å²) in [7, 11) is -2.01. The lowest BCUT2D eigenvalue weighted by atomic mass is 10.2. The number of hydrogen-bond acceptors (Lipinski definition) is 4. The van der Waals surface area contributed by atoms with Crippen molar-refractivity contribution < 1.29 is 13.2 Å². The summed E-state index contributed by atoms with van der Waals surface area (Å²) in [5.74, 6) is 0. The van der Waals surface area contributed by atoms with Crippen molar-refractivity contribution in [2.24, 2.45) is 0 Å². The molecule has 0 saturated carbocycles. The van der Waals surface area contributed by atoms with Gasteiger partial charge in [0.1, 0.15) is 0 Å². The summed E-state index contributed by atoms with van der Waals surface area (Å²) in [5, 5.41) is 3.26. The Morgan fingerprint density at radius 3 is 2.63 bits per heavy atom. The number of nitrogens with one attached hydrogen (secondary N) is 2. The molecule has 0 saturated heterocycles. The lowest BCUT2D eigenvalue weighted by Gasteiger charge is -2.17. The molecular weight excluding hydrogens is 264 g/mol. The van der Waals surface area contributed by atoms with E-state index in [4.69, 9.17) is 4.74 Å². The van der Waals surface area contributed by atoms with E-state index in [9.17, 15) is 8.42 Å². The molecule has 1 rings (SSSR count). The van der Waals surface area contributed by atoms with Gasteiger partial charge in [-0.05, 0) is 45.5 Å². The van der Waals surface area contributed by atoms with Gasteiger partial charge in [-0.25, -0.2) is 13.1 Å². The standard InChI is InChI=1S/C13H22N2O3S/c1-5-18-9-11(3)15-13-8-12(7-6-10(13)2)19(16,17)14-4/h6-8,11,14-15H,5,9H2,1-4H3. The second-order valence-corrected chi connectivity index (χ2v) is 6.28. The smallest absolute Gasteiger partial charge is 0.240 e. The van der Waals surface area contributed by atoms with Gasteiger partial charge in [-0.2, -0.15) is 0 Å². The van der Waals surface area contributed by atoms with E-state index in [-0.39, 0.29) is 10.9 Å². The summed E-state index contributed by atoms with van der Waals surface area (Å²) < 4.78 is 31.2. The van der Waals surface area contributed by atoms with Gasteiger partial charge in [-0.3, -0.25) is 0 Å². The van der Waals surface area contributed by atoms with Gasteiger partial charge < -0.3 is 10.1 Å². The predicted molar refractivity (Wildman–Crippen MR) is 77.0 cm³/mol. The zero-order valence-electron chi connectivity index (χ0n) is 11.9. The number of sulfonamides is 1. The van der Waals surface area contributed by atoms with Crippen LogP contribution in [0.4, 0.5) is 5.69 Å². The van der Waals surface area contributed by atoms with Crippen molar-refractivity contribution in [3.63, 3.8) is 0 Å². The fourth-order valence-electron chi connectivity index (χ4n) is 1.64. The molecule has 0 fully saturated rings. The Bertz CT molecular complexity index is 515. The Morgan fingerprint density at radius 2 is 2.05 bits per heavy atom. The molecule has 0 amide bonds. The van der Waals surface area contributed by atoms with E-state index in [1.165, 1.54) is 7.05 Å². The van der Waals surface area contributed by atoms with Gasteiger partial charge in [0.15, 0.2) is 0 Å². The van der Waals surface area contributed by atoms with Crippen LogP contribution < -0.4 is 10.0 Å². The molecule has 0 aliphatic heterocycles. The Hall–Kier alpha value is -1.11.